The van der Waals surface area contributed by atoms with Crippen molar-refractivity contribution in [3.8, 4) is 0 Å². The van der Waals surface area contributed by atoms with Crippen LogP contribution >= 0.6 is 0 Å². The Labute approximate surface area is 136 Å². The van der Waals surface area contributed by atoms with Gasteiger partial charge in [0.2, 0.25) is 10.0 Å². The van der Waals surface area contributed by atoms with Crippen molar-refractivity contribution in [2.45, 2.75) is 37.4 Å². The van der Waals surface area contributed by atoms with Crippen LogP contribution < -0.4 is 0 Å². The van der Waals surface area contributed by atoms with E-state index >= 15 is 0 Å². The van der Waals surface area contributed by atoms with Gasteiger partial charge in [-0.05, 0) is 31.5 Å². The normalized spacial score (nSPS) is 19.3. The predicted octanol–water partition coefficient (Wildman–Crippen LogP) is 1.80. The Balaban J connectivity index is 2.00. The topological polar surface area (TPSA) is 64.4 Å². The highest BCUT2D eigenvalue weighted by atomic mass is 32.2. The number of sulfonamides is 1. The Hall–Kier alpha value is -1.70. The van der Waals surface area contributed by atoms with E-state index in [2.05, 4.69) is 5.10 Å². The molecule has 0 fully saturated rings. The average Bonchev–Trinajstić information content (AvgIpc) is 2.90. The van der Waals surface area contributed by atoms with Crippen LogP contribution in [0.15, 0.2) is 41.4 Å². The summed E-state index contributed by atoms with van der Waals surface area (Å²) in [7, 11) is -1.98. The SMILES string of the molecule is COC[C@@H]1CCn2nccc2CN1S(=O)(=O)c1ccc(C)cc1. The van der Waals surface area contributed by atoms with Crippen molar-refractivity contribution in [1.29, 1.82) is 0 Å². The highest BCUT2D eigenvalue weighted by molar-refractivity contribution is 7.89. The highest BCUT2D eigenvalue weighted by Gasteiger charge is 2.34. The minimum atomic E-state index is -3.58. The van der Waals surface area contributed by atoms with Gasteiger partial charge in [-0.3, -0.25) is 4.68 Å². The van der Waals surface area contributed by atoms with Crippen LogP contribution in [0.5, 0.6) is 0 Å². The van der Waals surface area contributed by atoms with Gasteiger partial charge in [-0.25, -0.2) is 8.42 Å². The number of hydrogen-bond acceptors (Lipinski definition) is 4. The van der Waals surface area contributed by atoms with Crippen LogP contribution in [-0.2, 0) is 27.8 Å². The van der Waals surface area contributed by atoms with E-state index in [0.29, 0.717) is 31.0 Å². The first-order valence-electron chi connectivity index (χ1n) is 7.60. The molecule has 1 aromatic carbocycles. The molecule has 0 N–H and O–H groups in total. The quantitative estimate of drug-likeness (QED) is 0.855. The van der Waals surface area contributed by atoms with Crippen molar-refractivity contribution < 1.29 is 13.2 Å². The van der Waals surface area contributed by atoms with Crippen LogP contribution in [0.3, 0.4) is 0 Å². The predicted molar refractivity (Wildman–Crippen MR) is 86.4 cm³/mol. The molecule has 23 heavy (non-hydrogen) atoms. The summed E-state index contributed by atoms with van der Waals surface area (Å²) in [6.07, 6.45) is 2.39. The molecular weight excluding hydrogens is 314 g/mol. The van der Waals surface area contributed by atoms with E-state index in [0.717, 1.165) is 11.3 Å². The molecule has 0 radical (unpaired) electrons. The third kappa shape index (κ3) is 3.17. The van der Waals surface area contributed by atoms with Crippen molar-refractivity contribution >= 4 is 10.0 Å². The molecule has 6 nitrogen and oxygen atoms in total. The molecule has 0 saturated carbocycles. The molecule has 0 unspecified atom stereocenters. The van der Waals surface area contributed by atoms with Gasteiger partial charge < -0.3 is 4.74 Å². The summed E-state index contributed by atoms with van der Waals surface area (Å²) in [4.78, 5) is 0.317. The molecule has 2 heterocycles. The Morgan fingerprint density at radius 1 is 1.26 bits per heavy atom. The summed E-state index contributed by atoms with van der Waals surface area (Å²) in [6.45, 7) is 3.31. The van der Waals surface area contributed by atoms with Gasteiger partial charge in [0, 0.05) is 19.9 Å². The van der Waals surface area contributed by atoms with Gasteiger partial charge in [0.25, 0.3) is 0 Å². The minimum Gasteiger partial charge on any atom is -0.383 e. The average molecular weight is 335 g/mol. The van der Waals surface area contributed by atoms with Crippen molar-refractivity contribution in [3.63, 3.8) is 0 Å². The summed E-state index contributed by atoms with van der Waals surface area (Å²) in [5.41, 5.74) is 1.94. The lowest BCUT2D eigenvalue weighted by atomic mass is 10.2. The minimum absolute atomic E-state index is 0.201. The lowest BCUT2D eigenvalue weighted by Crippen LogP contribution is -2.41. The Bertz CT molecular complexity index is 768. The van der Waals surface area contributed by atoms with E-state index in [9.17, 15) is 8.42 Å². The molecule has 1 aliphatic rings. The molecule has 2 aromatic rings. The summed E-state index contributed by atoms with van der Waals surface area (Å²) >= 11 is 0. The molecule has 0 bridgehead atoms. The zero-order chi connectivity index (χ0) is 16.4. The first-order valence-corrected chi connectivity index (χ1v) is 9.04. The lowest BCUT2D eigenvalue weighted by Gasteiger charge is -2.28. The highest BCUT2D eigenvalue weighted by Crippen LogP contribution is 2.25. The first-order chi connectivity index (χ1) is 11.0. The second kappa shape index (κ2) is 6.43. The maximum absolute atomic E-state index is 13.1. The number of benzene rings is 1. The smallest absolute Gasteiger partial charge is 0.243 e. The number of fused-ring (bicyclic) bond motifs is 1. The second-order valence-corrected chi connectivity index (χ2v) is 7.70. The first kappa shape index (κ1) is 16.2. The number of hydrogen-bond donors (Lipinski definition) is 0. The van der Waals surface area contributed by atoms with E-state index in [1.807, 2.05) is 29.8 Å². The standard InChI is InChI=1S/C16H21N3O3S/c1-13-3-5-16(6-4-13)23(20,21)19-11-14-7-9-17-18(14)10-8-15(19)12-22-2/h3-7,9,15H,8,10-12H2,1-2H3/t15-/m0/s1. The van der Waals surface area contributed by atoms with Crippen LogP contribution in [0.25, 0.3) is 0 Å². The summed E-state index contributed by atoms with van der Waals surface area (Å²) < 4.78 is 34.9. The largest absolute Gasteiger partial charge is 0.383 e. The van der Waals surface area contributed by atoms with Crippen molar-refractivity contribution in [2.75, 3.05) is 13.7 Å². The Morgan fingerprint density at radius 2 is 2.00 bits per heavy atom. The van der Waals surface area contributed by atoms with Crippen molar-refractivity contribution in [3.05, 3.63) is 47.8 Å². The summed E-state index contributed by atoms with van der Waals surface area (Å²) in [5.74, 6) is 0. The Kier molecular flexibility index (Phi) is 4.52. The molecular formula is C16H21N3O3S. The Morgan fingerprint density at radius 3 is 2.70 bits per heavy atom. The lowest BCUT2D eigenvalue weighted by molar-refractivity contribution is 0.127. The molecule has 0 spiro atoms. The number of ether oxygens (including phenoxy) is 1. The van der Waals surface area contributed by atoms with E-state index in [-0.39, 0.29) is 6.04 Å². The fourth-order valence-electron chi connectivity index (χ4n) is 2.89. The monoisotopic (exact) mass is 335 g/mol. The van der Waals surface area contributed by atoms with Gasteiger partial charge in [-0.2, -0.15) is 9.40 Å². The van der Waals surface area contributed by atoms with Crippen LogP contribution in [-0.4, -0.2) is 42.3 Å². The molecule has 1 aromatic heterocycles. The summed E-state index contributed by atoms with van der Waals surface area (Å²) in [5, 5.41) is 4.27. The maximum Gasteiger partial charge on any atom is 0.243 e. The van der Waals surface area contributed by atoms with E-state index < -0.39 is 10.0 Å². The van der Waals surface area contributed by atoms with Crippen LogP contribution in [0.2, 0.25) is 0 Å². The van der Waals surface area contributed by atoms with E-state index in [1.165, 1.54) is 0 Å². The molecule has 1 aliphatic heterocycles. The molecule has 1 atom stereocenters. The van der Waals surface area contributed by atoms with Gasteiger partial charge in [-0.1, -0.05) is 17.7 Å². The fourth-order valence-corrected chi connectivity index (χ4v) is 4.50. The van der Waals surface area contributed by atoms with Gasteiger partial charge in [0.05, 0.1) is 29.8 Å². The van der Waals surface area contributed by atoms with Gasteiger partial charge in [0.1, 0.15) is 0 Å². The number of aromatic nitrogens is 2. The van der Waals surface area contributed by atoms with Crippen molar-refractivity contribution in [1.82, 2.24) is 14.1 Å². The molecule has 0 amide bonds. The van der Waals surface area contributed by atoms with Gasteiger partial charge in [0.15, 0.2) is 0 Å². The fraction of sp³-hybridized carbons (Fsp3) is 0.438. The van der Waals surface area contributed by atoms with Gasteiger partial charge in [-0.15, -0.1) is 0 Å². The maximum atomic E-state index is 13.1. The number of nitrogens with zero attached hydrogens (tertiary/aromatic N) is 3. The molecule has 0 saturated heterocycles. The van der Waals surface area contributed by atoms with E-state index in [4.69, 9.17) is 4.74 Å². The third-order valence-corrected chi connectivity index (χ3v) is 6.10. The summed E-state index contributed by atoms with van der Waals surface area (Å²) in [6, 6.07) is 8.63. The number of methoxy groups -OCH3 is 1. The zero-order valence-corrected chi connectivity index (χ0v) is 14.2. The molecule has 124 valence electrons. The molecule has 3 rings (SSSR count). The zero-order valence-electron chi connectivity index (χ0n) is 13.3. The van der Waals surface area contributed by atoms with Crippen LogP contribution in [0.1, 0.15) is 17.7 Å². The number of rotatable bonds is 4. The molecule has 0 aliphatic carbocycles. The van der Waals surface area contributed by atoms with Crippen molar-refractivity contribution in [2.24, 2.45) is 0 Å². The van der Waals surface area contributed by atoms with Gasteiger partial charge >= 0.3 is 0 Å². The van der Waals surface area contributed by atoms with E-state index in [1.54, 1.807) is 29.7 Å². The van der Waals surface area contributed by atoms with Crippen LogP contribution in [0, 0.1) is 6.92 Å². The molecule has 7 heteroatoms. The number of aryl methyl sites for hydroxylation is 2. The third-order valence-electron chi connectivity index (χ3n) is 4.19. The van der Waals surface area contributed by atoms with Crippen LogP contribution in [0.4, 0.5) is 0 Å². The second-order valence-electron chi connectivity index (χ2n) is 5.81.